The highest BCUT2D eigenvalue weighted by molar-refractivity contribution is 7.92. The highest BCUT2D eigenvalue weighted by Crippen LogP contribution is 2.36. The van der Waals surface area contributed by atoms with Crippen molar-refractivity contribution in [3.05, 3.63) is 47.2 Å². The van der Waals surface area contributed by atoms with Crippen molar-refractivity contribution in [1.82, 2.24) is 10.2 Å². The number of benzene rings is 1. The van der Waals surface area contributed by atoms with Gasteiger partial charge in [0.05, 0.1) is 12.0 Å². The van der Waals surface area contributed by atoms with Gasteiger partial charge in [-0.1, -0.05) is 36.3 Å². The van der Waals surface area contributed by atoms with Gasteiger partial charge in [-0.05, 0) is 16.7 Å². The lowest BCUT2D eigenvalue weighted by Gasteiger charge is -2.48. The first-order valence-electron chi connectivity index (χ1n) is 7.40. The molecule has 1 saturated heterocycles. The van der Waals surface area contributed by atoms with Gasteiger partial charge in [-0.2, -0.15) is 0 Å². The molecule has 7 nitrogen and oxygen atoms in total. The Bertz CT molecular complexity index is 814. The molecule has 0 saturated carbocycles. The van der Waals surface area contributed by atoms with Gasteiger partial charge >= 0.3 is 5.97 Å². The SMILES string of the molecule is C#CC1=C(C(=O)O)N2C(=O)C(NC(=O)Cc3ccccc3)[C@@H]2[S+]([O-])C1. The minimum atomic E-state index is -1.58. The van der Waals surface area contributed by atoms with E-state index >= 15 is 0 Å². The van der Waals surface area contributed by atoms with Crippen molar-refractivity contribution < 1.29 is 24.0 Å². The predicted octanol–water partition coefficient (Wildman–Crippen LogP) is -0.384. The monoisotopic (exact) mass is 358 g/mol. The van der Waals surface area contributed by atoms with E-state index in [1.807, 2.05) is 6.07 Å². The van der Waals surface area contributed by atoms with Crippen LogP contribution in [0.15, 0.2) is 41.6 Å². The number of aliphatic carboxylic acids is 1. The fourth-order valence-electron chi connectivity index (χ4n) is 2.89. The van der Waals surface area contributed by atoms with Crippen LogP contribution in [-0.2, 0) is 32.0 Å². The number of amides is 2. The zero-order valence-electron chi connectivity index (χ0n) is 13.0. The average molecular weight is 358 g/mol. The number of hydrogen-bond donors (Lipinski definition) is 2. The van der Waals surface area contributed by atoms with Crippen molar-refractivity contribution in [2.75, 3.05) is 5.75 Å². The quantitative estimate of drug-likeness (QED) is 0.433. The van der Waals surface area contributed by atoms with Gasteiger partial charge in [0.2, 0.25) is 11.3 Å². The predicted molar refractivity (Wildman–Crippen MR) is 89.2 cm³/mol. The summed E-state index contributed by atoms with van der Waals surface area (Å²) in [5.74, 6) is -0.312. The van der Waals surface area contributed by atoms with E-state index in [9.17, 15) is 24.0 Å². The molecule has 0 aromatic heterocycles. The molecule has 2 aliphatic rings. The summed E-state index contributed by atoms with van der Waals surface area (Å²) in [4.78, 5) is 36.8. The van der Waals surface area contributed by atoms with Gasteiger partial charge in [0, 0.05) is 0 Å². The third-order valence-corrected chi connectivity index (χ3v) is 5.62. The molecule has 2 aliphatic heterocycles. The number of β-lactam (4-membered cyclic amide) rings is 1. The van der Waals surface area contributed by atoms with Gasteiger partial charge in [-0.15, -0.1) is 6.42 Å². The molecular formula is C17H14N2O5S. The van der Waals surface area contributed by atoms with E-state index in [-0.39, 0.29) is 23.4 Å². The fraction of sp³-hybridized carbons (Fsp3) is 0.235. The van der Waals surface area contributed by atoms with Gasteiger partial charge in [0.15, 0.2) is 11.7 Å². The second-order valence-corrected chi connectivity index (χ2v) is 7.14. The number of terminal acetylenes is 1. The maximum absolute atomic E-state index is 12.3. The summed E-state index contributed by atoms with van der Waals surface area (Å²) in [6.07, 6.45) is 5.33. The van der Waals surface area contributed by atoms with Crippen molar-refractivity contribution in [2.45, 2.75) is 17.8 Å². The molecule has 3 rings (SSSR count). The second-order valence-electron chi connectivity index (χ2n) is 5.61. The number of carboxylic acids is 1. The van der Waals surface area contributed by atoms with Crippen molar-refractivity contribution >= 4 is 29.0 Å². The molecule has 2 heterocycles. The highest BCUT2D eigenvalue weighted by atomic mass is 32.2. The minimum absolute atomic E-state index is 0.0181. The lowest BCUT2D eigenvalue weighted by Crippen LogP contribution is -2.74. The lowest BCUT2D eigenvalue weighted by atomic mass is 10.0. The highest BCUT2D eigenvalue weighted by Gasteiger charge is 2.60. The Morgan fingerprint density at radius 2 is 2.08 bits per heavy atom. The molecule has 1 aromatic rings. The molecule has 0 bridgehead atoms. The summed E-state index contributed by atoms with van der Waals surface area (Å²) in [5, 5.41) is 10.9. The van der Waals surface area contributed by atoms with E-state index in [0.717, 1.165) is 10.5 Å². The molecule has 2 amide bonds. The summed E-state index contributed by atoms with van der Waals surface area (Å²) in [5.41, 5.74) is 0.462. The maximum atomic E-state index is 12.3. The zero-order valence-corrected chi connectivity index (χ0v) is 13.8. The van der Waals surface area contributed by atoms with Crippen molar-refractivity contribution in [2.24, 2.45) is 0 Å². The van der Waals surface area contributed by atoms with Crippen LogP contribution in [0.5, 0.6) is 0 Å². The standard InChI is InChI=1S/C17H14N2O5S/c1-2-11-9-25(24)16-13(15(21)19(16)14(11)17(22)23)18-12(20)8-10-6-4-3-5-7-10/h1,3-7,13,16H,8-9H2,(H,18,20)(H,22,23)/t13?,16-,25?/m0/s1. The number of nitrogens with one attached hydrogen (secondary N) is 1. The molecular weight excluding hydrogens is 344 g/mol. The number of hydrogen-bond acceptors (Lipinski definition) is 4. The Morgan fingerprint density at radius 3 is 2.68 bits per heavy atom. The van der Waals surface area contributed by atoms with Crippen LogP contribution in [0.3, 0.4) is 0 Å². The molecule has 2 unspecified atom stereocenters. The number of rotatable bonds is 4. The van der Waals surface area contributed by atoms with Gasteiger partial charge in [-0.3, -0.25) is 14.5 Å². The number of fused-ring (bicyclic) bond motifs is 1. The zero-order chi connectivity index (χ0) is 18.1. The summed E-state index contributed by atoms with van der Waals surface area (Å²) < 4.78 is 12.3. The molecule has 0 spiro atoms. The molecule has 2 N–H and O–H groups in total. The second kappa shape index (κ2) is 6.63. The summed E-state index contributed by atoms with van der Waals surface area (Å²) in [6.45, 7) is 0. The van der Waals surface area contributed by atoms with Gasteiger partial charge in [0.25, 0.3) is 5.91 Å². The normalized spacial score (nSPS) is 24.9. The van der Waals surface area contributed by atoms with E-state index in [2.05, 4.69) is 11.2 Å². The molecule has 1 aromatic carbocycles. The van der Waals surface area contributed by atoms with Crippen LogP contribution in [0, 0.1) is 12.3 Å². The van der Waals surface area contributed by atoms with Gasteiger partial charge < -0.3 is 15.0 Å². The third-order valence-electron chi connectivity index (χ3n) is 4.03. The number of carbonyl (C=O) groups is 3. The minimum Gasteiger partial charge on any atom is -0.614 e. The Balaban J connectivity index is 1.76. The molecule has 128 valence electrons. The number of carbonyl (C=O) groups excluding carboxylic acids is 2. The van der Waals surface area contributed by atoms with Gasteiger partial charge in [-0.25, -0.2) is 4.79 Å². The van der Waals surface area contributed by atoms with E-state index in [1.54, 1.807) is 24.3 Å². The summed E-state index contributed by atoms with van der Waals surface area (Å²) >= 11 is -1.58. The van der Waals surface area contributed by atoms with Crippen LogP contribution >= 0.6 is 0 Å². The largest absolute Gasteiger partial charge is 0.614 e. The van der Waals surface area contributed by atoms with Crippen LogP contribution < -0.4 is 5.32 Å². The first-order chi connectivity index (χ1) is 11.9. The van der Waals surface area contributed by atoms with E-state index in [0.29, 0.717) is 0 Å². The average Bonchev–Trinajstić information content (AvgIpc) is 2.59. The van der Waals surface area contributed by atoms with Crippen LogP contribution in [-0.4, -0.2) is 49.5 Å². The van der Waals surface area contributed by atoms with Crippen molar-refractivity contribution in [1.29, 1.82) is 0 Å². The number of carboxylic acid groups (broad SMARTS) is 1. The Labute approximate surface area is 146 Å². The first-order valence-corrected chi connectivity index (χ1v) is 8.79. The molecule has 0 aliphatic carbocycles. The van der Waals surface area contributed by atoms with Crippen LogP contribution in [0.4, 0.5) is 0 Å². The summed E-state index contributed by atoms with van der Waals surface area (Å²) in [7, 11) is 0. The van der Waals surface area contributed by atoms with E-state index in [4.69, 9.17) is 6.42 Å². The first kappa shape index (κ1) is 17.1. The topological polar surface area (TPSA) is 110 Å². The Kier molecular flexibility index (Phi) is 4.53. The molecule has 3 atom stereocenters. The number of nitrogens with zero attached hydrogens (tertiary/aromatic N) is 1. The Morgan fingerprint density at radius 1 is 1.40 bits per heavy atom. The summed E-state index contributed by atoms with van der Waals surface area (Å²) in [6, 6.07) is 7.95. The van der Waals surface area contributed by atoms with E-state index in [1.165, 1.54) is 0 Å². The van der Waals surface area contributed by atoms with Crippen LogP contribution in [0.25, 0.3) is 0 Å². The smallest absolute Gasteiger partial charge is 0.353 e. The van der Waals surface area contributed by atoms with Gasteiger partial charge in [0.1, 0.15) is 5.75 Å². The molecule has 25 heavy (non-hydrogen) atoms. The van der Waals surface area contributed by atoms with Crippen molar-refractivity contribution in [3.8, 4) is 12.3 Å². The molecule has 0 radical (unpaired) electrons. The van der Waals surface area contributed by atoms with Crippen LogP contribution in [0.1, 0.15) is 5.56 Å². The van der Waals surface area contributed by atoms with Crippen molar-refractivity contribution in [3.63, 3.8) is 0 Å². The Hall–Kier alpha value is -2.76. The molecule has 1 fully saturated rings. The van der Waals surface area contributed by atoms with E-state index < -0.39 is 40.4 Å². The third kappa shape index (κ3) is 2.99. The fourth-order valence-corrected chi connectivity index (χ4v) is 4.50. The molecule has 8 heteroatoms. The maximum Gasteiger partial charge on any atom is 0.353 e. The lowest BCUT2D eigenvalue weighted by molar-refractivity contribution is -0.151. The van der Waals surface area contributed by atoms with Crippen LogP contribution in [0.2, 0.25) is 0 Å².